The van der Waals surface area contributed by atoms with E-state index in [4.69, 9.17) is 21.2 Å². The zero-order valence-electron chi connectivity index (χ0n) is 22.9. The average Bonchev–Trinajstić information content (AvgIpc) is 3.35. The molecule has 0 fully saturated rings. The van der Waals surface area contributed by atoms with E-state index >= 15 is 0 Å². The maximum Gasteiger partial charge on any atom is 0.272 e. The molecule has 1 aliphatic rings. The van der Waals surface area contributed by atoms with Gasteiger partial charge in [0.05, 0.1) is 21.8 Å². The predicted octanol–water partition coefficient (Wildman–Crippen LogP) is 4.06. The first kappa shape index (κ1) is 31.3. The number of aromatic amines is 1. The van der Waals surface area contributed by atoms with Gasteiger partial charge in [-0.05, 0) is 29.8 Å². The van der Waals surface area contributed by atoms with E-state index in [1.165, 1.54) is 12.4 Å². The Kier molecular flexibility index (Phi) is 9.28. The van der Waals surface area contributed by atoms with Crippen LogP contribution in [0.1, 0.15) is 16.1 Å². The summed E-state index contributed by atoms with van der Waals surface area (Å²) < 4.78 is 28.3. The number of benzene rings is 3. The van der Waals surface area contributed by atoms with Crippen molar-refractivity contribution in [2.24, 2.45) is 0 Å². The molecular weight excluding hydrogens is 617 g/mol. The predicted molar refractivity (Wildman–Crippen MR) is 169 cm³/mol. The summed E-state index contributed by atoms with van der Waals surface area (Å²) in [5.41, 5.74) is 9.82. The third kappa shape index (κ3) is 6.74. The minimum atomic E-state index is -3.72. The molecule has 3 aromatic carbocycles. The third-order valence-corrected chi connectivity index (χ3v) is 7.82. The zero-order valence-corrected chi connectivity index (χ0v) is 25.3. The SMILES string of the molecule is CN(C)c1cccc2c(S(=O)(=O)Cl)cccc12.Cl.Nc1c[nH]c2c(C(=O)NCc3ccc4c(c3)NC(=O)CO4)ncnc12. The van der Waals surface area contributed by atoms with Gasteiger partial charge in [0.25, 0.3) is 20.9 Å². The Bertz CT molecular complexity index is 1950. The van der Waals surface area contributed by atoms with Gasteiger partial charge in [-0.3, -0.25) is 9.59 Å². The lowest BCUT2D eigenvalue weighted by Gasteiger charge is -2.18. The summed E-state index contributed by atoms with van der Waals surface area (Å²) in [6.45, 7) is 0.274. The molecule has 2 amide bonds. The molecule has 0 saturated heterocycles. The normalized spacial score (nSPS) is 12.2. The summed E-state index contributed by atoms with van der Waals surface area (Å²) in [4.78, 5) is 36.9. The van der Waals surface area contributed by atoms with Crippen LogP contribution >= 0.6 is 23.1 Å². The number of amides is 2. The minimum absolute atomic E-state index is 0. The van der Waals surface area contributed by atoms with Gasteiger partial charge < -0.3 is 31.0 Å². The van der Waals surface area contributed by atoms with Crippen molar-refractivity contribution >= 4 is 82.8 Å². The number of hydrogen-bond donors (Lipinski definition) is 4. The maximum absolute atomic E-state index is 12.4. The number of aromatic nitrogens is 3. The highest BCUT2D eigenvalue weighted by Gasteiger charge is 2.18. The largest absolute Gasteiger partial charge is 0.482 e. The second kappa shape index (κ2) is 12.7. The number of carbonyl (C=O) groups is 2. The summed E-state index contributed by atoms with van der Waals surface area (Å²) in [6.07, 6.45) is 2.87. The maximum atomic E-state index is 12.4. The van der Waals surface area contributed by atoms with Gasteiger partial charge in [0, 0.05) is 54.0 Å². The monoisotopic (exact) mass is 643 g/mol. The highest BCUT2D eigenvalue weighted by Crippen LogP contribution is 2.31. The van der Waals surface area contributed by atoms with Crippen molar-refractivity contribution in [3.8, 4) is 5.75 Å². The Morgan fingerprint density at radius 1 is 1.12 bits per heavy atom. The molecular formula is C28H27Cl2N7O5S. The topological polar surface area (TPSA) is 172 Å². The number of ether oxygens (including phenoxy) is 1. The van der Waals surface area contributed by atoms with E-state index in [9.17, 15) is 18.0 Å². The summed E-state index contributed by atoms with van der Waals surface area (Å²) in [5, 5.41) is 7.04. The van der Waals surface area contributed by atoms with Crippen LogP contribution in [-0.2, 0) is 20.4 Å². The van der Waals surface area contributed by atoms with Crippen molar-refractivity contribution in [3.63, 3.8) is 0 Å². The molecule has 2 aromatic heterocycles. The lowest BCUT2D eigenvalue weighted by molar-refractivity contribution is -0.118. The summed E-state index contributed by atoms with van der Waals surface area (Å²) >= 11 is 0. The van der Waals surface area contributed by atoms with Gasteiger partial charge in [-0.1, -0.05) is 30.3 Å². The Balaban J connectivity index is 0.000000207. The smallest absolute Gasteiger partial charge is 0.272 e. The van der Waals surface area contributed by atoms with Crippen molar-refractivity contribution in [2.45, 2.75) is 11.4 Å². The molecule has 43 heavy (non-hydrogen) atoms. The minimum Gasteiger partial charge on any atom is -0.482 e. The Morgan fingerprint density at radius 2 is 1.86 bits per heavy atom. The number of anilines is 3. The number of nitrogens with two attached hydrogens (primary N) is 1. The molecule has 6 rings (SSSR count). The molecule has 0 atom stereocenters. The standard InChI is InChI=1S/C16H14N6O3.C12H12ClNO2S.ClH/c17-9-5-18-14-13(9)20-7-21-15(14)16(24)19-4-8-1-2-11-10(3-8)22-12(23)6-25-11;1-14(2)11-7-3-6-10-9(11)5-4-8-12(10)17(13,15)16;/h1-3,5,7,18H,4,6,17H2,(H,19,24)(H,22,23);3-8H,1-2H3;1H. The molecule has 0 bridgehead atoms. The summed E-state index contributed by atoms with van der Waals surface area (Å²) in [6, 6.07) is 16.0. The zero-order chi connectivity index (χ0) is 30.0. The number of carbonyl (C=O) groups excluding carboxylic acids is 2. The highest BCUT2D eigenvalue weighted by atomic mass is 35.7. The first-order valence-electron chi connectivity index (χ1n) is 12.6. The first-order valence-corrected chi connectivity index (χ1v) is 14.9. The second-order valence-corrected chi connectivity index (χ2v) is 12.0. The van der Waals surface area contributed by atoms with Crippen LogP contribution < -0.4 is 26.0 Å². The van der Waals surface area contributed by atoms with Crippen molar-refractivity contribution in [1.29, 1.82) is 0 Å². The van der Waals surface area contributed by atoms with Gasteiger partial charge in [-0.25, -0.2) is 18.4 Å². The first-order chi connectivity index (χ1) is 20.0. The third-order valence-electron chi connectivity index (χ3n) is 6.44. The van der Waals surface area contributed by atoms with Crippen molar-refractivity contribution in [2.75, 3.05) is 36.7 Å². The number of nitrogens with zero attached hydrogens (tertiary/aromatic N) is 3. The molecule has 0 radical (unpaired) electrons. The fraction of sp³-hybridized carbons (Fsp3) is 0.143. The van der Waals surface area contributed by atoms with E-state index in [0.29, 0.717) is 33.5 Å². The van der Waals surface area contributed by atoms with E-state index in [2.05, 4.69) is 25.6 Å². The molecule has 3 heterocycles. The molecule has 5 aromatic rings. The van der Waals surface area contributed by atoms with Gasteiger partial charge in [0.15, 0.2) is 12.3 Å². The molecule has 15 heteroatoms. The molecule has 224 valence electrons. The molecule has 1 aliphatic heterocycles. The van der Waals surface area contributed by atoms with Crippen LogP contribution in [0.4, 0.5) is 17.1 Å². The van der Waals surface area contributed by atoms with E-state index in [1.807, 2.05) is 43.3 Å². The van der Waals surface area contributed by atoms with Gasteiger partial charge in [0.2, 0.25) is 0 Å². The van der Waals surface area contributed by atoms with E-state index in [-0.39, 0.29) is 48.0 Å². The number of H-pyrrole nitrogens is 1. The van der Waals surface area contributed by atoms with E-state index in [1.54, 1.807) is 30.5 Å². The summed E-state index contributed by atoms with van der Waals surface area (Å²) in [5.74, 6) is 0.0442. The lowest BCUT2D eigenvalue weighted by atomic mass is 10.1. The highest BCUT2D eigenvalue weighted by molar-refractivity contribution is 8.14. The van der Waals surface area contributed by atoms with Crippen LogP contribution in [0.5, 0.6) is 5.75 Å². The van der Waals surface area contributed by atoms with Gasteiger partial charge in [0.1, 0.15) is 17.6 Å². The van der Waals surface area contributed by atoms with Crippen molar-refractivity contribution in [3.05, 3.63) is 78.4 Å². The number of nitrogens with one attached hydrogen (secondary N) is 3. The Morgan fingerprint density at radius 3 is 2.60 bits per heavy atom. The molecule has 0 aliphatic carbocycles. The van der Waals surface area contributed by atoms with Crippen LogP contribution in [0.2, 0.25) is 0 Å². The van der Waals surface area contributed by atoms with Crippen molar-refractivity contribution < 1.29 is 22.7 Å². The summed E-state index contributed by atoms with van der Waals surface area (Å²) in [7, 11) is 5.54. The van der Waals surface area contributed by atoms with E-state index in [0.717, 1.165) is 16.6 Å². The van der Waals surface area contributed by atoms with Crippen LogP contribution in [0.3, 0.4) is 0 Å². The molecule has 12 nitrogen and oxygen atoms in total. The number of nitrogen functional groups attached to an aromatic ring is 1. The number of rotatable bonds is 5. The Hall–Kier alpha value is -4.59. The lowest BCUT2D eigenvalue weighted by Crippen LogP contribution is -2.26. The van der Waals surface area contributed by atoms with Crippen LogP contribution in [0, 0.1) is 0 Å². The van der Waals surface area contributed by atoms with Crippen molar-refractivity contribution in [1.82, 2.24) is 20.3 Å². The van der Waals surface area contributed by atoms with Crippen LogP contribution in [0.15, 0.2) is 72.0 Å². The molecule has 0 unspecified atom stereocenters. The van der Waals surface area contributed by atoms with Gasteiger partial charge >= 0.3 is 0 Å². The number of halogens is 2. The molecule has 0 spiro atoms. The van der Waals surface area contributed by atoms with Gasteiger partial charge in [-0.15, -0.1) is 12.4 Å². The number of fused-ring (bicyclic) bond motifs is 3. The Labute approximate surface area is 257 Å². The number of hydrogen-bond acceptors (Lipinski definition) is 9. The fourth-order valence-electron chi connectivity index (χ4n) is 4.51. The fourth-order valence-corrected chi connectivity index (χ4v) is 5.59. The molecule has 0 saturated carbocycles. The molecule has 5 N–H and O–H groups in total. The average molecular weight is 645 g/mol. The quantitative estimate of drug-likeness (QED) is 0.206. The van der Waals surface area contributed by atoms with Gasteiger partial charge in [-0.2, -0.15) is 0 Å². The van der Waals surface area contributed by atoms with E-state index < -0.39 is 9.05 Å². The van der Waals surface area contributed by atoms with Crippen LogP contribution in [0.25, 0.3) is 21.8 Å². The van der Waals surface area contributed by atoms with Crippen LogP contribution in [-0.4, -0.2) is 55.9 Å². The second-order valence-electron chi connectivity index (χ2n) is 9.50.